The number of halogens is 1. The Labute approximate surface area is 180 Å². The Balaban J connectivity index is 1.75. The quantitative estimate of drug-likeness (QED) is 0.763. The number of β-amino-alcohol motifs (C(OH)–C–C–N with tert-alkyl or cyclic N) is 1. The van der Waals surface area contributed by atoms with Crippen LogP contribution in [0.4, 0.5) is 4.79 Å². The lowest BCUT2D eigenvalue weighted by Gasteiger charge is -2.46. The lowest BCUT2D eigenvalue weighted by Crippen LogP contribution is -2.60. The summed E-state index contributed by atoms with van der Waals surface area (Å²) in [6, 6.07) is 2.74. The fourth-order valence-corrected chi connectivity index (χ4v) is 4.56. The second-order valence-corrected chi connectivity index (χ2v) is 9.25. The van der Waals surface area contributed by atoms with Gasteiger partial charge in [-0.1, -0.05) is 11.6 Å². The molecule has 2 aromatic rings. The van der Waals surface area contributed by atoms with Crippen LogP contribution in [0.3, 0.4) is 0 Å². The predicted molar refractivity (Wildman–Crippen MR) is 116 cm³/mol. The first-order valence-corrected chi connectivity index (χ1v) is 10.4. The lowest BCUT2D eigenvalue weighted by molar-refractivity contribution is -0.0347. The molecule has 1 fully saturated rings. The zero-order chi connectivity index (χ0) is 22.2. The fraction of sp³-hybridized carbons (Fsp3) is 0.571. The van der Waals surface area contributed by atoms with Crippen molar-refractivity contribution in [1.29, 1.82) is 0 Å². The molecule has 3 heterocycles. The van der Waals surface area contributed by atoms with E-state index in [1.807, 2.05) is 20.8 Å². The number of piperidine rings is 1. The van der Waals surface area contributed by atoms with Gasteiger partial charge in [0.15, 0.2) is 0 Å². The molecule has 1 amide bonds. The first-order valence-electron chi connectivity index (χ1n) is 10.1. The van der Waals surface area contributed by atoms with Crippen LogP contribution in [0.1, 0.15) is 32.8 Å². The molecular formula is C21H29ClN4O4. The normalized spacial score (nSPS) is 20.5. The Kier molecular flexibility index (Phi) is 6.40. The van der Waals surface area contributed by atoms with Gasteiger partial charge in [-0.3, -0.25) is 14.7 Å². The molecule has 8 nitrogen and oxygen atoms in total. The predicted octanol–water partition coefficient (Wildman–Crippen LogP) is 2.34. The molecule has 0 spiro atoms. The van der Waals surface area contributed by atoms with Crippen molar-refractivity contribution in [3.05, 3.63) is 39.3 Å². The zero-order valence-electron chi connectivity index (χ0n) is 17.8. The standard InChI is InChI=1S/C21H29ClN4O4/c1-21(2,3)26(20(29)30)16-8-10-25(12-17(16)27)9-7-13-14(22)11-23-15-5-6-18(28)24(4)19(13)15/h5-6,11,16-17,27H,7-10,12H2,1-4H3,(H,29,30)/t16-,17+/m0/s1. The number of hydrogen-bond donors (Lipinski definition) is 2. The van der Waals surface area contributed by atoms with Gasteiger partial charge < -0.3 is 19.7 Å². The Morgan fingerprint density at radius 3 is 2.67 bits per heavy atom. The summed E-state index contributed by atoms with van der Waals surface area (Å²) in [5, 5.41) is 20.8. The minimum absolute atomic E-state index is 0.125. The molecule has 0 aromatic carbocycles. The van der Waals surface area contributed by atoms with E-state index in [4.69, 9.17) is 11.6 Å². The highest BCUT2D eigenvalue weighted by Gasteiger charge is 2.39. The second kappa shape index (κ2) is 8.53. The first kappa shape index (κ1) is 22.5. The Morgan fingerprint density at radius 1 is 1.37 bits per heavy atom. The van der Waals surface area contributed by atoms with Crippen molar-refractivity contribution < 1.29 is 15.0 Å². The largest absolute Gasteiger partial charge is 0.465 e. The van der Waals surface area contributed by atoms with E-state index in [1.54, 1.807) is 23.9 Å². The van der Waals surface area contributed by atoms with Gasteiger partial charge in [0.05, 0.1) is 28.2 Å². The second-order valence-electron chi connectivity index (χ2n) is 8.85. The molecule has 1 aliphatic heterocycles. The van der Waals surface area contributed by atoms with Crippen LogP contribution in [0.25, 0.3) is 11.0 Å². The summed E-state index contributed by atoms with van der Waals surface area (Å²) in [4.78, 5) is 31.6. The topological polar surface area (TPSA) is 98.9 Å². The van der Waals surface area contributed by atoms with Gasteiger partial charge in [0.1, 0.15) is 0 Å². The van der Waals surface area contributed by atoms with Crippen LogP contribution in [0.15, 0.2) is 23.1 Å². The molecule has 2 N–H and O–H groups in total. The maximum Gasteiger partial charge on any atom is 0.408 e. The highest BCUT2D eigenvalue weighted by Crippen LogP contribution is 2.27. The lowest BCUT2D eigenvalue weighted by atomic mass is 9.94. The molecule has 2 atom stereocenters. The van der Waals surface area contributed by atoms with Crippen molar-refractivity contribution in [2.24, 2.45) is 7.05 Å². The number of nitrogens with zero attached hydrogens (tertiary/aromatic N) is 4. The molecule has 30 heavy (non-hydrogen) atoms. The fourth-order valence-electron chi connectivity index (χ4n) is 4.32. The van der Waals surface area contributed by atoms with E-state index in [-0.39, 0.29) is 5.56 Å². The van der Waals surface area contributed by atoms with E-state index in [0.29, 0.717) is 43.0 Å². The third kappa shape index (κ3) is 4.45. The van der Waals surface area contributed by atoms with Gasteiger partial charge in [-0.15, -0.1) is 0 Å². The number of pyridine rings is 2. The summed E-state index contributed by atoms with van der Waals surface area (Å²) in [7, 11) is 1.70. The smallest absolute Gasteiger partial charge is 0.408 e. The van der Waals surface area contributed by atoms with Gasteiger partial charge in [-0.25, -0.2) is 4.79 Å². The zero-order valence-corrected chi connectivity index (χ0v) is 18.6. The van der Waals surface area contributed by atoms with Gasteiger partial charge in [-0.2, -0.15) is 0 Å². The first-order chi connectivity index (χ1) is 14.0. The maximum atomic E-state index is 12.1. The van der Waals surface area contributed by atoms with Gasteiger partial charge in [0, 0.05) is 44.5 Å². The van der Waals surface area contributed by atoms with E-state index < -0.39 is 23.8 Å². The van der Waals surface area contributed by atoms with E-state index in [9.17, 15) is 19.8 Å². The van der Waals surface area contributed by atoms with Crippen LogP contribution in [-0.4, -0.2) is 73.0 Å². The Bertz CT molecular complexity index is 1000. The number of fused-ring (bicyclic) bond motifs is 1. The molecule has 0 unspecified atom stereocenters. The van der Waals surface area contributed by atoms with E-state index in [1.165, 1.54) is 11.0 Å². The summed E-state index contributed by atoms with van der Waals surface area (Å²) in [5.74, 6) is 0. The molecule has 0 aliphatic carbocycles. The van der Waals surface area contributed by atoms with Crippen LogP contribution < -0.4 is 5.56 Å². The van der Waals surface area contributed by atoms with Gasteiger partial charge >= 0.3 is 6.09 Å². The number of aliphatic hydroxyl groups excluding tert-OH is 1. The molecule has 0 saturated carbocycles. The molecule has 2 aromatic heterocycles. The van der Waals surface area contributed by atoms with Crippen molar-refractivity contribution in [2.45, 2.75) is 51.3 Å². The maximum absolute atomic E-state index is 12.1. The number of aryl methyl sites for hydroxylation is 1. The highest BCUT2D eigenvalue weighted by atomic mass is 35.5. The molecular weight excluding hydrogens is 408 g/mol. The van der Waals surface area contributed by atoms with Crippen LogP contribution >= 0.6 is 11.6 Å². The van der Waals surface area contributed by atoms with E-state index in [0.717, 1.165) is 11.1 Å². The van der Waals surface area contributed by atoms with Crippen molar-refractivity contribution >= 4 is 28.7 Å². The summed E-state index contributed by atoms with van der Waals surface area (Å²) < 4.78 is 1.55. The van der Waals surface area contributed by atoms with Crippen LogP contribution in [0.5, 0.6) is 0 Å². The number of amides is 1. The molecule has 1 saturated heterocycles. The van der Waals surface area contributed by atoms with Crippen molar-refractivity contribution in [1.82, 2.24) is 19.4 Å². The molecule has 9 heteroatoms. The molecule has 3 rings (SSSR count). The minimum atomic E-state index is -1.02. The van der Waals surface area contributed by atoms with Crippen molar-refractivity contribution in [3.8, 4) is 0 Å². The van der Waals surface area contributed by atoms with Gasteiger partial charge in [-0.05, 0) is 45.2 Å². The number of carbonyl (C=O) groups is 1. The Morgan fingerprint density at radius 2 is 2.07 bits per heavy atom. The average Bonchev–Trinajstić information content (AvgIpc) is 2.64. The van der Waals surface area contributed by atoms with Gasteiger partial charge in [0.2, 0.25) is 0 Å². The van der Waals surface area contributed by atoms with E-state index >= 15 is 0 Å². The SMILES string of the molecule is Cn1c(=O)ccc2ncc(Cl)c(CCN3CC[C@H](N(C(=O)O)C(C)(C)C)[C@H](O)C3)c21. The van der Waals surface area contributed by atoms with Crippen LogP contribution in [0, 0.1) is 0 Å². The summed E-state index contributed by atoms with van der Waals surface area (Å²) in [6.07, 6.45) is 0.945. The summed E-state index contributed by atoms with van der Waals surface area (Å²) in [5.41, 5.74) is 1.56. The summed E-state index contributed by atoms with van der Waals surface area (Å²) >= 11 is 6.41. The number of carboxylic acid groups (broad SMARTS) is 1. The summed E-state index contributed by atoms with van der Waals surface area (Å²) in [6.45, 7) is 7.18. The molecule has 0 bridgehead atoms. The number of likely N-dealkylation sites (tertiary alicyclic amines) is 1. The van der Waals surface area contributed by atoms with E-state index in [2.05, 4.69) is 9.88 Å². The number of rotatable bonds is 4. The van der Waals surface area contributed by atoms with Crippen LogP contribution in [0.2, 0.25) is 5.02 Å². The Hall–Kier alpha value is -2.16. The van der Waals surface area contributed by atoms with Crippen LogP contribution in [-0.2, 0) is 13.5 Å². The molecule has 0 radical (unpaired) electrons. The highest BCUT2D eigenvalue weighted by molar-refractivity contribution is 6.32. The van der Waals surface area contributed by atoms with Crippen molar-refractivity contribution in [2.75, 3.05) is 19.6 Å². The van der Waals surface area contributed by atoms with Crippen molar-refractivity contribution in [3.63, 3.8) is 0 Å². The number of aromatic nitrogens is 2. The molecule has 1 aliphatic rings. The third-order valence-corrected chi connectivity index (χ3v) is 6.08. The van der Waals surface area contributed by atoms with Gasteiger partial charge in [0.25, 0.3) is 5.56 Å². The minimum Gasteiger partial charge on any atom is -0.465 e. The average molecular weight is 437 g/mol. The number of hydrogen-bond acceptors (Lipinski definition) is 5. The molecule has 164 valence electrons. The third-order valence-electron chi connectivity index (χ3n) is 5.75. The monoisotopic (exact) mass is 436 g/mol. The number of aliphatic hydroxyl groups is 1.